The molecule has 4 aromatic rings. The molecule has 190 valence electrons. The van der Waals surface area contributed by atoms with Gasteiger partial charge < -0.3 is 31.3 Å². The highest BCUT2D eigenvalue weighted by Crippen LogP contribution is 2.39. The summed E-state index contributed by atoms with van der Waals surface area (Å²) in [7, 11) is 7.85. The van der Waals surface area contributed by atoms with E-state index in [1.54, 1.807) is 14.2 Å². The van der Waals surface area contributed by atoms with Gasteiger partial charge in [-0.05, 0) is 59.0 Å². The zero-order chi connectivity index (χ0) is 24.8. The predicted molar refractivity (Wildman–Crippen MR) is 146 cm³/mol. The minimum atomic E-state index is 0. The molecule has 0 saturated heterocycles. The number of ether oxygens (including phenoxy) is 2. The summed E-state index contributed by atoms with van der Waals surface area (Å²) < 4.78 is 13.3. The molecule has 1 N–H and O–H groups in total. The van der Waals surface area contributed by atoms with Crippen LogP contribution in [0.4, 0.5) is 0 Å². The largest absolute Gasteiger partial charge is 1.00 e. The van der Waals surface area contributed by atoms with Crippen LogP contribution in [-0.4, -0.2) is 39.4 Å². The Labute approximate surface area is 221 Å². The molecule has 0 fully saturated rings. The molecule has 0 unspecified atom stereocenters. The van der Waals surface area contributed by atoms with E-state index in [0.29, 0.717) is 0 Å². The topological polar surface area (TPSA) is 27.8 Å². The van der Waals surface area contributed by atoms with E-state index in [0.717, 1.165) is 37.4 Å². The molecule has 1 aromatic heterocycles. The van der Waals surface area contributed by atoms with Gasteiger partial charge in [0.25, 0.3) is 0 Å². The number of hydrogen-bond donors (Lipinski definition) is 1. The number of benzene rings is 3. The Morgan fingerprint density at radius 2 is 1.36 bits per heavy atom. The molecule has 4 nitrogen and oxygen atoms in total. The van der Waals surface area contributed by atoms with Crippen molar-refractivity contribution < 1.29 is 26.8 Å². The van der Waals surface area contributed by atoms with E-state index in [2.05, 4.69) is 80.3 Å². The number of allylic oxidation sites excluding steroid dienone is 1. The summed E-state index contributed by atoms with van der Waals surface area (Å²) >= 11 is 0. The number of aryl methyl sites for hydroxylation is 1. The normalized spacial score (nSPS) is 10.8. The second-order valence-corrected chi connectivity index (χ2v) is 9.23. The minimum Gasteiger partial charge on any atom is -1.00 e. The number of fused-ring (bicyclic) bond motifs is 1. The summed E-state index contributed by atoms with van der Waals surface area (Å²) in [6.45, 7) is 4.42. The Bertz CT molecular complexity index is 1240. The average Bonchev–Trinajstić information content (AvgIpc) is 3.25. The van der Waals surface area contributed by atoms with E-state index >= 15 is 0 Å². The Morgan fingerprint density at radius 1 is 0.806 bits per heavy atom. The van der Waals surface area contributed by atoms with Crippen molar-refractivity contribution in [3.05, 3.63) is 95.7 Å². The van der Waals surface area contributed by atoms with Gasteiger partial charge in [-0.15, -0.1) is 0 Å². The van der Waals surface area contributed by atoms with Gasteiger partial charge >= 0.3 is 0 Å². The van der Waals surface area contributed by atoms with Crippen molar-refractivity contribution in [2.75, 3.05) is 34.9 Å². The second kappa shape index (κ2) is 12.7. The summed E-state index contributed by atoms with van der Waals surface area (Å²) in [5.74, 6) is 1.72. The molecule has 0 spiro atoms. The fraction of sp³-hybridized carbons (Fsp3) is 0.290. The molecular weight excluding hydrogens is 468 g/mol. The van der Waals surface area contributed by atoms with Crippen LogP contribution in [-0.2, 0) is 6.54 Å². The number of quaternary nitrogens is 1. The average molecular weight is 505 g/mol. The fourth-order valence-corrected chi connectivity index (χ4v) is 4.81. The van der Waals surface area contributed by atoms with Crippen molar-refractivity contribution in [1.29, 1.82) is 0 Å². The summed E-state index contributed by atoms with van der Waals surface area (Å²) in [5.41, 5.74) is 7.56. The first-order chi connectivity index (χ1) is 17.0. The van der Waals surface area contributed by atoms with E-state index in [-0.39, 0.29) is 12.4 Å². The summed E-state index contributed by atoms with van der Waals surface area (Å²) in [6, 6.07) is 25.6. The first-order valence-electron chi connectivity index (χ1n) is 12.4. The van der Waals surface area contributed by atoms with E-state index in [4.69, 9.17) is 9.47 Å². The van der Waals surface area contributed by atoms with Crippen LogP contribution in [0.2, 0.25) is 0 Å². The molecule has 0 aliphatic carbocycles. The molecule has 5 heteroatoms. The Morgan fingerprint density at radius 3 is 1.86 bits per heavy atom. The van der Waals surface area contributed by atoms with Crippen LogP contribution in [0.15, 0.2) is 79.0 Å². The highest BCUT2D eigenvalue weighted by Gasteiger charge is 2.18. The number of hydrogen-bond acceptors (Lipinski definition) is 2. The van der Waals surface area contributed by atoms with Gasteiger partial charge in [0.1, 0.15) is 11.5 Å². The number of rotatable bonds is 10. The first-order valence-corrected chi connectivity index (χ1v) is 12.4. The van der Waals surface area contributed by atoms with Crippen molar-refractivity contribution >= 4 is 22.0 Å². The number of nitrogens with zero attached hydrogens (tertiary/aromatic N) is 1. The van der Waals surface area contributed by atoms with E-state index in [1.165, 1.54) is 43.6 Å². The highest BCUT2D eigenvalue weighted by atomic mass is 35.5. The summed E-state index contributed by atoms with van der Waals surface area (Å²) in [4.78, 5) is 1.48. The van der Waals surface area contributed by atoms with Crippen LogP contribution < -0.4 is 26.8 Å². The molecule has 0 aliphatic heterocycles. The third-order valence-corrected chi connectivity index (χ3v) is 6.60. The van der Waals surface area contributed by atoms with Crippen molar-refractivity contribution in [3.8, 4) is 11.5 Å². The maximum atomic E-state index is 5.43. The second-order valence-electron chi connectivity index (χ2n) is 9.23. The monoisotopic (exact) mass is 504 g/mol. The Hall–Kier alpha value is -3.21. The van der Waals surface area contributed by atoms with E-state index in [1.807, 2.05) is 24.3 Å². The van der Waals surface area contributed by atoms with Crippen molar-refractivity contribution in [1.82, 2.24) is 4.57 Å². The van der Waals surface area contributed by atoms with Crippen molar-refractivity contribution in [3.63, 3.8) is 0 Å². The highest BCUT2D eigenvalue weighted by molar-refractivity contribution is 6.05. The quantitative estimate of drug-likeness (QED) is 0.359. The van der Waals surface area contributed by atoms with Gasteiger partial charge in [-0.3, -0.25) is 0 Å². The number of aromatic nitrogens is 1. The molecule has 0 atom stereocenters. The zero-order valence-corrected chi connectivity index (χ0v) is 22.7. The lowest BCUT2D eigenvalue weighted by Crippen LogP contribution is -3.05. The van der Waals surface area contributed by atoms with Gasteiger partial charge in [-0.25, -0.2) is 0 Å². The predicted octanol–water partition coefficient (Wildman–Crippen LogP) is 2.57. The van der Waals surface area contributed by atoms with Gasteiger partial charge in [0.05, 0.1) is 34.9 Å². The molecule has 0 saturated carbocycles. The van der Waals surface area contributed by atoms with Gasteiger partial charge in [0.15, 0.2) is 0 Å². The molecule has 36 heavy (non-hydrogen) atoms. The first kappa shape index (κ1) is 27.4. The third kappa shape index (κ3) is 5.95. The van der Waals surface area contributed by atoms with Crippen LogP contribution in [0.3, 0.4) is 0 Å². The SMILES string of the molecule is CCC(=C(c1ccc(OC)cc1)c1ccc(OC)cc1)c1cn(CCC[NH+](C)C)c2ccccc12.[Cl-]. The summed E-state index contributed by atoms with van der Waals surface area (Å²) in [6.07, 6.45) is 4.43. The maximum Gasteiger partial charge on any atom is 0.118 e. The summed E-state index contributed by atoms with van der Waals surface area (Å²) in [5, 5.41) is 1.31. The van der Waals surface area contributed by atoms with Gasteiger partial charge in [-0.2, -0.15) is 0 Å². The van der Waals surface area contributed by atoms with Crippen LogP contribution in [0.25, 0.3) is 22.0 Å². The van der Waals surface area contributed by atoms with Crippen LogP contribution in [0.1, 0.15) is 36.5 Å². The number of para-hydroxylation sites is 1. The van der Waals surface area contributed by atoms with Gasteiger partial charge in [-0.1, -0.05) is 49.4 Å². The van der Waals surface area contributed by atoms with Crippen LogP contribution >= 0.6 is 0 Å². The number of halogens is 1. The zero-order valence-electron chi connectivity index (χ0n) is 22.0. The minimum absolute atomic E-state index is 0. The van der Waals surface area contributed by atoms with Crippen LogP contribution in [0.5, 0.6) is 11.5 Å². The number of nitrogens with one attached hydrogen (secondary N) is 1. The smallest absolute Gasteiger partial charge is 0.118 e. The molecule has 0 amide bonds. The molecule has 4 rings (SSSR count). The lowest BCUT2D eigenvalue weighted by molar-refractivity contribution is -0.858. The van der Waals surface area contributed by atoms with E-state index < -0.39 is 0 Å². The molecular formula is C31H37ClN2O2. The molecule has 1 heterocycles. The van der Waals surface area contributed by atoms with Gasteiger partial charge in [0, 0.05) is 35.6 Å². The maximum absolute atomic E-state index is 5.43. The lowest BCUT2D eigenvalue weighted by atomic mass is 9.88. The van der Waals surface area contributed by atoms with Crippen molar-refractivity contribution in [2.24, 2.45) is 0 Å². The Balaban J connectivity index is 0.00000361. The van der Waals surface area contributed by atoms with Crippen molar-refractivity contribution in [2.45, 2.75) is 26.3 Å². The fourth-order valence-electron chi connectivity index (χ4n) is 4.81. The molecule has 0 radical (unpaired) electrons. The Kier molecular flexibility index (Phi) is 9.63. The van der Waals surface area contributed by atoms with Crippen LogP contribution in [0, 0.1) is 0 Å². The molecule has 0 bridgehead atoms. The number of methoxy groups -OCH3 is 2. The lowest BCUT2D eigenvalue weighted by Gasteiger charge is -2.16. The van der Waals surface area contributed by atoms with Gasteiger partial charge in [0.2, 0.25) is 0 Å². The molecule has 0 aliphatic rings. The van der Waals surface area contributed by atoms with E-state index in [9.17, 15) is 0 Å². The standard InChI is InChI=1S/C31H36N2O2.ClH/c1-6-27(29-22-33(21-9-20-32(2)3)30-11-8-7-10-28(29)30)31(23-12-16-25(34-4)17-13-23)24-14-18-26(35-5)19-15-24;/h7-8,10-19,22H,6,9,20-21H2,1-5H3;1H. The third-order valence-electron chi connectivity index (χ3n) is 6.60. The molecule has 3 aromatic carbocycles.